The highest BCUT2D eigenvalue weighted by Gasteiger charge is 2.30. The van der Waals surface area contributed by atoms with Gasteiger partial charge in [0.25, 0.3) is 0 Å². The van der Waals surface area contributed by atoms with Crippen molar-refractivity contribution in [3.63, 3.8) is 0 Å². The van der Waals surface area contributed by atoms with E-state index in [2.05, 4.69) is 47.9 Å². The van der Waals surface area contributed by atoms with Crippen LogP contribution >= 0.6 is 27.5 Å². The Morgan fingerprint density at radius 1 is 1.59 bits per heavy atom. The first-order valence-corrected chi connectivity index (χ1v) is 7.22. The fourth-order valence-electron chi connectivity index (χ4n) is 2.54. The van der Waals surface area contributed by atoms with E-state index in [0.717, 1.165) is 23.9 Å². The normalized spacial score (nSPS) is 23.6. The van der Waals surface area contributed by atoms with Crippen LogP contribution in [0.4, 0.5) is 0 Å². The Bertz CT molecular complexity index is 448. The van der Waals surface area contributed by atoms with Crippen molar-refractivity contribution in [3.05, 3.63) is 22.4 Å². The molecule has 0 saturated heterocycles. The van der Waals surface area contributed by atoms with Crippen molar-refractivity contribution in [2.75, 3.05) is 0 Å². The molecule has 1 aliphatic carbocycles. The van der Waals surface area contributed by atoms with Crippen LogP contribution in [0, 0.1) is 5.41 Å². The maximum absolute atomic E-state index is 6.34. The molecule has 1 aromatic rings. The smallest absolute Gasteiger partial charge is 0.0781 e. The van der Waals surface area contributed by atoms with E-state index in [1.54, 1.807) is 0 Å². The number of allylic oxidation sites excluding steroid dienone is 2. The second-order valence-electron chi connectivity index (χ2n) is 5.41. The van der Waals surface area contributed by atoms with Gasteiger partial charge in [0.15, 0.2) is 0 Å². The molecule has 94 valence electrons. The number of halogens is 2. The lowest BCUT2D eigenvalue weighted by molar-refractivity contribution is 0.339. The van der Waals surface area contributed by atoms with Crippen LogP contribution in [0.1, 0.15) is 39.3 Å². The van der Waals surface area contributed by atoms with E-state index in [4.69, 9.17) is 11.6 Å². The first-order valence-electron chi connectivity index (χ1n) is 5.99. The summed E-state index contributed by atoms with van der Waals surface area (Å²) >= 11 is 9.92. The molecule has 1 heterocycles. The molecule has 1 aliphatic rings. The van der Waals surface area contributed by atoms with Crippen molar-refractivity contribution in [1.82, 2.24) is 9.78 Å². The number of aromatic nitrogens is 2. The fourth-order valence-corrected chi connectivity index (χ4v) is 3.66. The van der Waals surface area contributed by atoms with Crippen molar-refractivity contribution in [2.45, 2.75) is 45.5 Å². The molecule has 0 amide bonds. The maximum Gasteiger partial charge on any atom is 0.0781 e. The van der Waals surface area contributed by atoms with Crippen molar-refractivity contribution >= 4 is 33.1 Å². The molecule has 4 heteroatoms. The van der Waals surface area contributed by atoms with Gasteiger partial charge in [-0.25, -0.2) is 0 Å². The number of hydrogen-bond donors (Lipinski definition) is 0. The Morgan fingerprint density at radius 3 is 2.88 bits per heavy atom. The highest BCUT2D eigenvalue weighted by atomic mass is 79.9. The first kappa shape index (κ1) is 13.2. The molecule has 2 rings (SSSR count). The molecule has 0 spiro atoms. The topological polar surface area (TPSA) is 17.8 Å². The number of aryl methyl sites for hydroxylation is 1. The molecule has 0 N–H and O–H groups in total. The van der Waals surface area contributed by atoms with Crippen LogP contribution in [-0.2, 0) is 6.54 Å². The number of nitrogens with zero attached hydrogens (tertiary/aromatic N) is 2. The van der Waals surface area contributed by atoms with Crippen LogP contribution in [0.15, 0.2) is 16.7 Å². The van der Waals surface area contributed by atoms with E-state index in [9.17, 15) is 0 Å². The molecule has 0 radical (unpaired) electrons. The summed E-state index contributed by atoms with van der Waals surface area (Å²) in [7, 11) is 0. The van der Waals surface area contributed by atoms with Crippen LogP contribution in [-0.4, -0.2) is 15.2 Å². The minimum absolute atomic E-state index is 0.126. The van der Waals surface area contributed by atoms with Gasteiger partial charge in [-0.3, -0.25) is 4.68 Å². The third-order valence-corrected chi connectivity index (χ3v) is 4.06. The van der Waals surface area contributed by atoms with Gasteiger partial charge in [-0.15, -0.1) is 11.6 Å². The predicted molar refractivity (Wildman–Crippen MR) is 76.2 cm³/mol. The quantitative estimate of drug-likeness (QED) is 0.736. The number of alkyl halides is 1. The average molecular weight is 318 g/mol. The molecular formula is C13H18BrClN2. The lowest BCUT2D eigenvalue weighted by Gasteiger charge is -2.32. The highest BCUT2D eigenvalue weighted by Crippen LogP contribution is 2.42. The van der Waals surface area contributed by atoms with Crippen LogP contribution in [0.25, 0.3) is 5.57 Å². The Morgan fingerprint density at radius 2 is 2.29 bits per heavy atom. The van der Waals surface area contributed by atoms with E-state index in [-0.39, 0.29) is 10.8 Å². The van der Waals surface area contributed by atoms with Gasteiger partial charge in [0.1, 0.15) is 0 Å². The molecule has 1 atom stereocenters. The molecule has 1 aromatic heterocycles. The van der Waals surface area contributed by atoms with Gasteiger partial charge in [0, 0.05) is 6.54 Å². The number of hydrogen-bond acceptors (Lipinski definition) is 1. The van der Waals surface area contributed by atoms with E-state index in [1.807, 2.05) is 10.9 Å². The van der Waals surface area contributed by atoms with Gasteiger partial charge in [-0.1, -0.05) is 19.9 Å². The largest absolute Gasteiger partial charge is 0.264 e. The Balaban J connectivity index is 2.42. The molecule has 2 nitrogen and oxygen atoms in total. The second-order valence-corrected chi connectivity index (χ2v) is 6.82. The van der Waals surface area contributed by atoms with Gasteiger partial charge in [-0.2, -0.15) is 5.10 Å². The monoisotopic (exact) mass is 316 g/mol. The van der Waals surface area contributed by atoms with Gasteiger partial charge < -0.3 is 0 Å². The molecular weight excluding hydrogens is 300 g/mol. The van der Waals surface area contributed by atoms with Crippen LogP contribution in [0.2, 0.25) is 0 Å². The minimum Gasteiger partial charge on any atom is -0.264 e. The molecule has 0 aromatic carbocycles. The Labute approximate surface area is 116 Å². The summed E-state index contributed by atoms with van der Waals surface area (Å²) < 4.78 is 3.09. The zero-order valence-corrected chi connectivity index (χ0v) is 12.8. The average Bonchev–Trinajstić information content (AvgIpc) is 2.56. The van der Waals surface area contributed by atoms with Crippen molar-refractivity contribution in [2.24, 2.45) is 5.41 Å². The van der Waals surface area contributed by atoms with Gasteiger partial charge in [-0.05, 0) is 46.7 Å². The maximum atomic E-state index is 6.34. The number of rotatable bonds is 2. The van der Waals surface area contributed by atoms with E-state index >= 15 is 0 Å². The van der Waals surface area contributed by atoms with Crippen LogP contribution in [0.3, 0.4) is 0 Å². The molecule has 0 saturated carbocycles. The Hall–Kier alpha value is -0.280. The lowest BCUT2D eigenvalue weighted by atomic mass is 9.76. The fraction of sp³-hybridized carbons (Fsp3) is 0.615. The van der Waals surface area contributed by atoms with Crippen molar-refractivity contribution in [3.8, 4) is 0 Å². The first-order chi connectivity index (χ1) is 7.93. The molecule has 0 fully saturated rings. The summed E-state index contributed by atoms with van der Waals surface area (Å²) in [6, 6.07) is 0. The summed E-state index contributed by atoms with van der Waals surface area (Å²) in [5.41, 5.74) is 2.76. The molecule has 0 bridgehead atoms. The van der Waals surface area contributed by atoms with Crippen molar-refractivity contribution < 1.29 is 0 Å². The summed E-state index contributed by atoms with van der Waals surface area (Å²) in [4.78, 5) is 0. The minimum atomic E-state index is 0.126. The molecule has 1 unspecified atom stereocenters. The second kappa shape index (κ2) is 4.77. The van der Waals surface area contributed by atoms with Gasteiger partial charge in [0.2, 0.25) is 0 Å². The van der Waals surface area contributed by atoms with Crippen LogP contribution in [0.5, 0.6) is 0 Å². The van der Waals surface area contributed by atoms with E-state index in [1.165, 1.54) is 11.3 Å². The molecule has 17 heavy (non-hydrogen) atoms. The lowest BCUT2D eigenvalue weighted by Crippen LogP contribution is -2.22. The van der Waals surface area contributed by atoms with E-state index in [0.29, 0.717) is 0 Å². The third kappa shape index (κ3) is 2.76. The summed E-state index contributed by atoms with van der Waals surface area (Å²) in [6.45, 7) is 7.53. The van der Waals surface area contributed by atoms with E-state index < -0.39 is 0 Å². The zero-order valence-electron chi connectivity index (χ0n) is 10.5. The third-order valence-electron chi connectivity index (χ3n) is 3.20. The van der Waals surface area contributed by atoms with Crippen LogP contribution < -0.4 is 0 Å². The standard InChI is InChI=1S/C13H18BrClN2/c1-4-17-12(11(14)8-16-17)9-5-10(15)7-13(2,3)6-9/h5,8,10H,4,6-7H2,1-3H3. The highest BCUT2D eigenvalue weighted by molar-refractivity contribution is 9.10. The van der Waals surface area contributed by atoms with Gasteiger partial charge in [0.05, 0.1) is 21.7 Å². The van der Waals surface area contributed by atoms with Crippen molar-refractivity contribution in [1.29, 1.82) is 0 Å². The summed E-state index contributed by atoms with van der Waals surface area (Å²) in [6.07, 6.45) is 6.14. The summed E-state index contributed by atoms with van der Waals surface area (Å²) in [5, 5.41) is 4.49. The predicted octanol–water partition coefficient (Wildman–Crippen LogP) is 4.48. The zero-order chi connectivity index (χ0) is 12.6. The molecule has 0 aliphatic heterocycles. The van der Waals surface area contributed by atoms with Gasteiger partial charge >= 0.3 is 0 Å². The SMILES string of the molecule is CCn1ncc(Br)c1C1=CC(Cl)CC(C)(C)C1. The Kier molecular flexibility index (Phi) is 3.69. The summed E-state index contributed by atoms with van der Waals surface area (Å²) in [5.74, 6) is 0.